The highest BCUT2D eigenvalue weighted by Gasteiger charge is 1.82. The standard InChI is InChI=1S/C3H8FNO2S/c4-2-1-3-5-8(6)7/h5H,1-3H2,(H,6,7)/p-1. The number of nitrogens with one attached hydrogen (secondary N) is 1. The van der Waals surface area contributed by atoms with Gasteiger partial charge >= 0.3 is 0 Å². The Morgan fingerprint density at radius 2 is 2.38 bits per heavy atom. The molecule has 0 saturated heterocycles. The maximum absolute atomic E-state index is 11.2. The van der Waals surface area contributed by atoms with Crippen LogP contribution in [0, 0.1) is 0 Å². The van der Waals surface area contributed by atoms with Crippen LogP contribution >= 0.6 is 0 Å². The van der Waals surface area contributed by atoms with Crippen LogP contribution in [0.25, 0.3) is 0 Å². The second kappa shape index (κ2) is 5.14. The van der Waals surface area contributed by atoms with E-state index >= 15 is 0 Å². The highest BCUT2D eigenvalue weighted by atomic mass is 32.2. The third-order valence-electron chi connectivity index (χ3n) is 0.530. The average molecular weight is 140 g/mol. The molecule has 0 bridgehead atoms. The van der Waals surface area contributed by atoms with Gasteiger partial charge in [-0.1, -0.05) is 0 Å². The van der Waals surface area contributed by atoms with Crippen molar-refractivity contribution in [1.29, 1.82) is 0 Å². The van der Waals surface area contributed by atoms with Gasteiger partial charge in [0, 0.05) is 17.8 Å². The van der Waals surface area contributed by atoms with Crippen molar-refractivity contribution in [3.8, 4) is 0 Å². The number of hydrogen-bond acceptors (Lipinski definition) is 2. The Bertz CT molecular complexity index is 79.7. The first-order valence-electron chi connectivity index (χ1n) is 2.16. The molecule has 0 aliphatic heterocycles. The van der Waals surface area contributed by atoms with Gasteiger partial charge in [-0.15, -0.1) is 0 Å². The molecule has 0 spiro atoms. The Kier molecular flexibility index (Phi) is 5.14. The zero-order valence-electron chi connectivity index (χ0n) is 4.22. The Hall–Kier alpha value is -0.0000000000000000555. The quantitative estimate of drug-likeness (QED) is 0.431. The van der Waals surface area contributed by atoms with Gasteiger partial charge < -0.3 is 4.55 Å². The van der Waals surface area contributed by atoms with Gasteiger partial charge in [-0.05, 0) is 6.42 Å². The molecule has 5 heteroatoms. The van der Waals surface area contributed by atoms with Crippen molar-refractivity contribution in [2.45, 2.75) is 6.42 Å². The third kappa shape index (κ3) is 6.00. The minimum Gasteiger partial charge on any atom is -0.760 e. The molecule has 0 aliphatic rings. The van der Waals surface area contributed by atoms with E-state index in [-0.39, 0.29) is 13.0 Å². The largest absolute Gasteiger partial charge is 0.760 e. The van der Waals surface area contributed by atoms with Crippen molar-refractivity contribution in [1.82, 2.24) is 4.72 Å². The molecule has 0 aromatic rings. The van der Waals surface area contributed by atoms with E-state index in [1.54, 1.807) is 0 Å². The minimum absolute atomic E-state index is 0.187. The van der Waals surface area contributed by atoms with E-state index in [0.717, 1.165) is 0 Å². The monoisotopic (exact) mass is 140 g/mol. The number of alkyl halides is 1. The predicted molar refractivity (Wildman–Crippen MR) is 27.5 cm³/mol. The molecule has 0 heterocycles. The lowest BCUT2D eigenvalue weighted by atomic mass is 10.5. The van der Waals surface area contributed by atoms with Gasteiger partial charge in [0.15, 0.2) is 0 Å². The van der Waals surface area contributed by atoms with Crippen molar-refractivity contribution in [3.63, 3.8) is 0 Å². The third-order valence-corrected chi connectivity index (χ3v) is 0.970. The second-order valence-corrected chi connectivity index (χ2v) is 1.93. The molecule has 0 saturated carbocycles. The molecule has 50 valence electrons. The zero-order valence-corrected chi connectivity index (χ0v) is 5.04. The molecule has 1 unspecified atom stereocenters. The van der Waals surface area contributed by atoms with E-state index in [0.29, 0.717) is 0 Å². The first-order chi connectivity index (χ1) is 3.77. The Morgan fingerprint density at radius 1 is 1.75 bits per heavy atom. The summed E-state index contributed by atoms with van der Waals surface area (Å²) in [7, 11) is 0. The maximum atomic E-state index is 11.2. The molecule has 0 aromatic carbocycles. The fourth-order valence-electron chi connectivity index (χ4n) is 0.222. The molecule has 0 aliphatic carbocycles. The van der Waals surface area contributed by atoms with Crippen LogP contribution in [-0.2, 0) is 11.3 Å². The smallest absolute Gasteiger partial charge is 0.0906 e. The summed E-state index contributed by atoms with van der Waals surface area (Å²) >= 11 is -2.23. The summed E-state index contributed by atoms with van der Waals surface area (Å²) in [6, 6.07) is 0. The fourth-order valence-corrected chi connectivity index (χ4v) is 0.533. The second-order valence-electron chi connectivity index (χ2n) is 1.17. The van der Waals surface area contributed by atoms with Gasteiger partial charge in [0.2, 0.25) is 0 Å². The molecule has 1 atom stereocenters. The lowest BCUT2D eigenvalue weighted by Crippen LogP contribution is -2.17. The van der Waals surface area contributed by atoms with Gasteiger partial charge in [0.05, 0.1) is 6.67 Å². The molecule has 8 heavy (non-hydrogen) atoms. The van der Waals surface area contributed by atoms with Crippen molar-refractivity contribution in [2.75, 3.05) is 13.2 Å². The summed E-state index contributed by atoms with van der Waals surface area (Å²) in [5.74, 6) is 0. The highest BCUT2D eigenvalue weighted by molar-refractivity contribution is 7.77. The van der Waals surface area contributed by atoms with Crippen molar-refractivity contribution >= 4 is 11.3 Å². The molecular formula is C3H7FNO2S-. The minimum atomic E-state index is -2.23. The molecule has 0 rings (SSSR count). The van der Waals surface area contributed by atoms with Crippen molar-refractivity contribution in [3.05, 3.63) is 0 Å². The molecular weight excluding hydrogens is 133 g/mol. The lowest BCUT2D eigenvalue weighted by molar-refractivity contribution is 0.466. The topological polar surface area (TPSA) is 52.2 Å². The Labute approximate surface area is 49.7 Å². The summed E-state index contributed by atoms with van der Waals surface area (Å²) < 4.78 is 32.5. The van der Waals surface area contributed by atoms with Gasteiger partial charge in [-0.2, -0.15) is 0 Å². The van der Waals surface area contributed by atoms with Crippen LogP contribution in [0.5, 0.6) is 0 Å². The van der Waals surface area contributed by atoms with E-state index in [4.69, 9.17) is 0 Å². The Balaban J connectivity index is 2.82. The average Bonchev–Trinajstić information content (AvgIpc) is 1.66. The van der Waals surface area contributed by atoms with Crippen LogP contribution in [0.1, 0.15) is 6.42 Å². The summed E-state index contributed by atoms with van der Waals surface area (Å²) in [5, 5.41) is 0. The van der Waals surface area contributed by atoms with Crippen molar-refractivity contribution < 1.29 is 13.2 Å². The van der Waals surface area contributed by atoms with E-state index < -0.39 is 17.9 Å². The zero-order chi connectivity index (χ0) is 6.41. The van der Waals surface area contributed by atoms with Crippen LogP contribution in [0.15, 0.2) is 0 Å². The van der Waals surface area contributed by atoms with Crippen LogP contribution in [0.4, 0.5) is 4.39 Å². The van der Waals surface area contributed by atoms with Gasteiger partial charge in [0.1, 0.15) is 0 Å². The summed E-state index contributed by atoms with van der Waals surface area (Å²) in [6.45, 7) is -0.295. The summed E-state index contributed by atoms with van der Waals surface area (Å²) in [6.07, 6.45) is 0.244. The molecule has 0 amide bonds. The first kappa shape index (κ1) is 8.00. The van der Waals surface area contributed by atoms with Crippen LogP contribution in [0.3, 0.4) is 0 Å². The van der Waals surface area contributed by atoms with E-state index in [1.807, 2.05) is 4.72 Å². The summed E-state index contributed by atoms with van der Waals surface area (Å²) in [4.78, 5) is 0. The van der Waals surface area contributed by atoms with Crippen LogP contribution in [-0.4, -0.2) is 22.0 Å². The number of hydrogen-bond donors (Lipinski definition) is 1. The predicted octanol–water partition coefficient (Wildman–Crippen LogP) is -0.270. The lowest BCUT2D eigenvalue weighted by Gasteiger charge is -2.03. The van der Waals surface area contributed by atoms with Crippen LogP contribution < -0.4 is 4.72 Å². The number of halogens is 1. The molecule has 3 nitrogen and oxygen atoms in total. The van der Waals surface area contributed by atoms with Crippen LogP contribution in [0.2, 0.25) is 0 Å². The van der Waals surface area contributed by atoms with Gasteiger partial charge in [0.25, 0.3) is 0 Å². The Morgan fingerprint density at radius 3 is 2.75 bits per heavy atom. The maximum Gasteiger partial charge on any atom is 0.0906 e. The van der Waals surface area contributed by atoms with E-state index in [9.17, 15) is 13.2 Å². The van der Waals surface area contributed by atoms with E-state index in [2.05, 4.69) is 0 Å². The highest BCUT2D eigenvalue weighted by Crippen LogP contribution is 1.76. The number of rotatable bonds is 4. The van der Waals surface area contributed by atoms with Gasteiger partial charge in [-0.25, -0.2) is 4.72 Å². The van der Waals surface area contributed by atoms with Gasteiger partial charge in [-0.3, -0.25) is 8.60 Å². The van der Waals surface area contributed by atoms with E-state index in [1.165, 1.54) is 0 Å². The normalized spacial score (nSPS) is 13.8. The summed E-state index contributed by atoms with van der Waals surface area (Å²) in [5.41, 5.74) is 0. The molecule has 0 fully saturated rings. The van der Waals surface area contributed by atoms with Crippen molar-refractivity contribution in [2.24, 2.45) is 0 Å². The molecule has 0 radical (unpaired) electrons. The molecule has 0 aromatic heterocycles. The first-order valence-corrected chi connectivity index (χ1v) is 3.23. The SMILES string of the molecule is O=S([O-])NCCCF. The molecule has 1 N–H and O–H groups in total. The fraction of sp³-hybridized carbons (Fsp3) is 1.00.